The van der Waals surface area contributed by atoms with Gasteiger partial charge in [0.1, 0.15) is 6.10 Å². The molecule has 0 aromatic heterocycles. The predicted octanol–water partition coefficient (Wildman–Crippen LogP) is 9.28. The van der Waals surface area contributed by atoms with Gasteiger partial charge in [-0.1, -0.05) is 83.5 Å². The standard InChI is InChI=1S/C35H50O2/c1-23(2)24(3)12-13-25(4)30-16-17-31-29-15-14-27-22-28(37-33(36)26-10-8-7-9-11-26)18-20-34(27,5)32(29)19-21-35(30,31)6/h7-13,15,23-25,27-28,30-32H,14,16-22H2,1-6H3. The summed E-state index contributed by atoms with van der Waals surface area (Å²) in [5, 5.41) is 0. The molecule has 0 heterocycles. The Morgan fingerprint density at radius 3 is 2.35 bits per heavy atom. The first kappa shape index (κ1) is 26.8. The number of carbonyl (C=O) groups excluding carboxylic acids is 1. The van der Waals surface area contributed by atoms with Gasteiger partial charge >= 0.3 is 5.97 Å². The van der Waals surface area contributed by atoms with Crippen molar-refractivity contribution in [3.63, 3.8) is 0 Å². The van der Waals surface area contributed by atoms with E-state index in [1.54, 1.807) is 0 Å². The van der Waals surface area contributed by atoms with Gasteiger partial charge in [-0.2, -0.15) is 0 Å². The van der Waals surface area contributed by atoms with Gasteiger partial charge in [0.25, 0.3) is 0 Å². The summed E-state index contributed by atoms with van der Waals surface area (Å²) in [5.74, 6) is 4.79. The number of hydrogen-bond acceptors (Lipinski definition) is 2. The monoisotopic (exact) mass is 502 g/mol. The fourth-order valence-electron chi connectivity index (χ4n) is 8.99. The Hall–Kier alpha value is -1.83. The molecule has 9 unspecified atom stereocenters. The van der Waals surface area contributed by atoms with Crippen LogP contribution in [-0.2, 0) is 4.74 Å². The van der Waals surface area contributed by atoms with Crippen LogP contribution >= 0.6 is 0 Å². The number of ether oxygens (including phenoxy) is 1. The summed E-state index contributed by atoms with van der Waals surface area (Å²) in [6, 6.07) is 9.49. The molecule has 202 valence electrons. The Kier molecular flexibility index (Phi) is 7.51. The van der Waals surface area contributed by atoms with Gasteiger partial charge in [0.15, 0.2) is 0 Å². The topological polar surface area (TPSA) is 26.3 Å². The molecule has 3 saturated carbocycles. The van der Waals surface area contributed by atoms with Crippen LogP contribution in [0.3, 0.4) is 0 Å². The second-order valence-corrected chi connectivity index (χ2v) is 14.0. The summed E-state index contributed by atoms with van der Waals surface area (Å²) in [6.07, 6.45) is 17.6. The molecular formula is C35H50O2. The molecule has 3 fully saturated rings. The van der Waals surface area contributed by atoms with E-state index in [9.17, 15) is 4.79 Å². The molecule has 37 heavy (non-hydrogen) atoms. The van der Waals surface area contributed by atoms with E-state index in [2.05, 4.69) is 59.8 Å². The minimum absolute atomic E-state index is 0.0614. The third kappa shape index (κ3) is 4.87. The lowest BCUT2D eigenvalue weighted by atomic mass is 9.47. The maximum atomic E-state index is 12.7. The first-order valence-electron chi connectivity index (χ1n) is 15.3. The van der Waals surface area contributed by atoms with Crippen LogP contribution in [-0.4, -0.2) is 12.1 Å². The van der Waals surface area contributed by atoms with Crippen LogP contribution in [0.4, 0.5) is 0 Å². The fraction of sp³-hybridized carbons (Fsp3) is 0.686. The molecule has 1 aromatic carbocycles. The minimum atomic E-state index is -0.155. The normalized spacial score (nSPS) is 38.9. The molecule has 5 rings (SSSR count). The lowest BCUT2D eigenvalue weighted by Crippen LogP contribution is -2.50. The zero-order chi connectivity index (χ0) is 26.4. The summed E-state index contributed by atoms with van der Waals surface area (Å²) >= 11 is 0. The number of benzene rings is 1. The number of rotatable bonds is 6. The van der Waals surface area contributed by atoms with E-state index in [1.807, 2.05) is 35.9 Å². The highest BCUT2D eigenvalue weighted by Gasteiger charge is 2.58. The lowest BCUT2D eigenvalue weighted by Gasteiger charge is -2.58. The second-order valence-electron chi connectivity index (χ2n) is 14.0. The molecule has 1 aromatic rings. The Morgan fingerprint density at radius 2 is 1.62 bits per heavy atom. The van der Waals surface area contributed by atoms with Crippen molar-refractivity contribution in [2.24, 2.45) is 52.3 Å². The van der Waals surface area contributed by atoms with E-state index >= 15 is 0 Å². The zero-order valence-corrected chi connectivity index (χ0v) is 24.2. The summed E-state index contributed by atoms with van der Waals surface area (Å²) < 4.78 is 6.02. The Balaban J connectivity index is 1.28. The van der Waals surface area contributed by atoms with Gasteiger partial charge in [-0.05, 0) is 116 Å². The van der Waals surface area contributed by atoms with E-state index in [4.69, 9.17) is 4.74 Å². The number of fused-ring (bicyclic) bond motifs is 5. The Morgan fingerprint density at radius 1 is 0.919 bits per heavy atom. The summed E-state index contributed by atoms with van der Waals surface area (Å²) in [7, 11) is 0. The number of allylic oxidation sites excluding steroid dienone is 4. The molecule has 0 aliphatic heterocycles. The fourth-order valence-corrected chi connectivity index (χ4v) is 8.99. The Bertz CT molecular complexity index is 1020. The molecule has 4 aliphatic rings. The van der Waals surface area contributed by atoms with E-state index < -0.39 is 0 Å². The van der Waals surface area contributed by atoms with Crippen LogP contribution in [0, 0.1) is 52.3 Å². The molecular weight excluding hydrogens is 452 g/mol. The van der Waals surface area contributed by atoms with Gasteiger partial charge in [-0.25, -0.2) is 4.79 Å². The molecule has 9 atom stereocenters. The predicted molar refractivity (Wildman–Crippen MR) is 153 cm³/mol. The SMILES string of the molecule is CC(C)C(C)C=CC(C)C1CCC2C3=CCC4CC(OC(=O)c5ccccc5)CCC4(C)C3CCC21C. The van der Waals surface area contributed by atoms with Crippen molar-refractivity contribution in [2.75, 3.05) is 0 Å². The van der Waals surface area contributed by atoms with E-state index in [0.717, 1.165) is 30.6 Å². The summed E-state index contributed by atoms with van der Waals surface area (Å²) in [6.45, 7) is 14.7. The zero-order valence-electron chi connectivity index (χ0n) is 24.2. The second kappa shape index (κ2) is 10.4. The largest absolute Gasteiger partial charge is 0.459 e. The van der Waals surface area contributed by atoms with E-state index in [1.165, 1.54) is 38.5 Å². The van der Waals surface area contributed by atoms with Crippen molar-refractivity contribution in [1.82, 2.24) is 0 Å². The van der Waals surface area contributed by atoms with Crippen LogP contribution < -0.4 is 0 Å². The third-order valence-corrected chi connectivity index (χ3v) is 11.8. The van der Waals surface area contributed by atoms with E-state index in [-0.39, 0.29) is 12.1 Å². The van der Waals surface area contributed by atoms with Gasteiger partial charge in [0.2, 0.25) is 0 Å². The highest BCUT2D eigenvalue weighted by molar-refractivity contribution is 5.89. The van der Waals surface area contributed by atoms with Crippen LogP contribution in [0.5, 0.6) is 0 Å². The molecule has 2 nitrogen and oxygen atoms in total. The molecule has 0 bridgehead atoms. The number of hydrogen-bond donors (Lipinski definition) is 0. The Labute approximate surface area is 226 Å². The highest BCUT2D eigenvalue weighted by atomic mass is 16.5. The first-order chi connectivity index (χ1) is 17.6. The van der Waals surface area contributed by atoms with Crippen molar-refractivity contribution >= 4 is 5.97 Å². The maximum Gasteiger partial charge on any atom is 0.338 e. The van der Waals surface area contributed by atoms with Crippen molar-refractivity contribution in [1.29, 1.82) is 0 Å². The van der Waals surface area contributed by atoms with Crippen LogP contribution in [0.15, 0.2) is 54.1 Å². The number of carbonyl (C=O) groups is 1. The molecule has 2 heteroatoms. The minimum Gasteiger partial charge on any atom is -0.459 e. The van der Waals surface area contributed by atoms with Gasteiger partial charge in [-0.15, -0.1) is 0 Å². The average molecular weight is 503 g/mol. The van der Waals surface area contributed by atoms with Crippen molar-refractivity contribution in [3.8, 4) is 0 Å². The van der Waals surface area contributed by atoms with Crippen LogP contribution in [0.1, 0.15) is 103 Å². The van der Waals surface area contributed by atoms with Crippen molar-refractivity contribution in [2.45, 2.75) is 99.0 Å². The quantitative estimate of drug-likeness (QED) is 0.286. The van der Waals surface area contributed by atoms with Crippen LogP contribution in [0.25, 0.3) is 0 Å². The molecule has 0 saturated heterocycles. The third-order valence-electron chi connectivity index (χ3n) is 11.8. The molecule has 4 aliphatic carbocycles. The summed E-state index contributed by atoms with van der Waals surface area (Å²) in [4.78, 5) is 12.7. The van der Waals surface area contributed by atoms with Gasteiger partial charge < -0.3 is 4.74 Å². The average Bonchev–Trinajstić information content (AvgIpc) is 3.25. The molecule has 0 N–H and O–H groups in total. The first-order valence-corrected chi connectivity index (χ1v) is 15.3. The molecule has 0 spiro atoms. The van der Waals surface area contributed by atoms with Gasteiger partial charge in [0, 0.05) is 0 Å². The van der Waals surface area contributed by atoms with Crippen molar-refractivity contribution in [3.05, 3.63) is 59.7 Å². The number of esters is 1. The maximum absolute atomic E-state index is 12.7. The molecule has 0 radical (unpaired) electrons. The van der Waals surface area contributed by atoms with Crippen LogP contribution in [0.2, 0.25) is 0 Å². The van der Waals surface area contributed by atoms with Gasteiger partial charge in [-0.3, -0.25) is 0 Å². The van der Waals surface area contributed by atoms with Crippen molar-refractivity contribution < 1.29 is 9.53 Å². The lowest BCUT2D eigenvalue weighted by molar-refractivity contribution is -0.0515. The van der Waals surface area contributed by atoms with Gasteiger partial charge in [0.05, 0.1) is 5.56 Å². The molecule has 0 amide bonds. The van der Waals surface area contributed by atoms with E-state index in [0.29, 0.717) is 40.1 Å². The summed E-state index contributed by atoms with van der Waals surface area (Å²) in [5.41, 5.74) is 3.30. The smallest absolute Gasteiger partial charge is 0.338 e. The highest BCUT2D eigenvalue weighted by Crippen LogP contribution is 2.66.